The van der Waals surface area contributed by atoms with Crippen LogP contribution in [0.25, 0.3) is 0 Å². The summed E-state index contributed by atoms with van der Waals surface area (Å²) < 4.78 is 10.4. The number of carbonyl (C=O) groups is 2. The van der Waals surface area contributed by atoms with Crippen molar-refractivity contribution in [2.45, 2.75) is 25.7 Å². The molecule has 2 amide bonds. The van der Waals surface area contributed by atoms with Crippen LogP contribution in [0.2, 0.25) is 0 Å². The number of hydrogen-bond acceptors (Lipinski definition) is 5. The van der Waals surface area contributed by atoms with Crippen LogP contribution in [0.5, 0.6) is 11.5 Å². The lowest BCUT2D eigenvalue weighted by atomic mass is 9.89. The number of amides is 2. The average molecular weight is 460 g/mol. The Morgan fingerprint density at radius 3 is 2.32 bits per heavy atom. The molecule has 0 radical (unpaired) electrons. The largest absolute Gasteiger partial charge is 0.497 e. The van der Waals surface area contributed by atoms with Crippen LogP contribution in [-0.4, -0.2) is 49.0 Å². The van der Waals surface area contributed by atoms with Crippen LogP contribution in [0.4, 0.5) is 5.69 Å². The molecule has 7 nitrogen and oxygen atoms in total. The van der Waals surface area contributed by atoms with E-state index >= 15 is 0 Å². The molecule has 1 fully saturated rings. The Balaban J connectivity index is 1.46. The molecular formula is C27H29N3O4. The van der Waals surface area contributed by atoms with Gasteiger partial charge in [-0.15, -0.1) is 0 Å². The van der Waals surface area contributed by atoms with E-state index in [0.717, 1.165) is 30.0 Å². The first-order valence-corrected chi connectivity index (χ1v) is 11.3. The first-order valence-electron chi connectivity index (χ1n) is 11.3. The van der Waals surface area contributed by atoms with E-state index in [4.69, 9.17) is 14.5 Å². The Labute approximate surface area is 199 Å². The van der Waals surface area contributed by atoms with Gasteiger partial charge in [-0.1, -0.05) is 6.07 Å². The van der Waals surface area contributed by atoms with Crippen molar-refractivity contribution in [3.63, 3.8) is 0 Å². The fourth-order valence-corrected chi connectivity index (χ4v) is 4.25. The molecule has 0 unspecified atom stereocenters. The van der Waals surface area contributed by atoms with E-state index in [0.29, 0.717) is 35.7 Å². The quantitative estimate of drug-likeness (QED) is 0.579. The highest BCUT2D eigenvalue weighted by atomic mass is 16.5. The summed E-state index contributed by atoms with van der Waals surface area (Å²) in [5.41, 5.74) is 3.53. The summed E-state index contributed by atoms with van der Waals surface area (Å²) in [6.07, 6.45) is 1.49. The maximum absolute atomic E-state index is 13.1. The van der Waals surface area contributed by atoms with Gasteiger partial charge in [-0.3, -0.25) is 14.6 Å². The van der Waals surface area contributed by atoms with Crippen molar-refractivity contribution in [2.24, 2.45) is 0 Å². The van der Waals surface area contributed by atoms with Crippen molar-refractivity contribution in [3.8, 4) is 11.5 Å². The maximum Gasteiger partial charge on any atom is 0.257 e. The fraction of sp³-hybridized carbons (Fsp3) is 0.296. The number of pyridine rings is 1. The molecule has 2 aromatic carbocycles. The van der Waals surface area contributed by atoms with Crippen LogP contribution in [0.15, 0.2) is 60.7 Å². The molecular weight excluding hydrogens is 430 g/mol. The lowest BCUT2D eigenvalue weighted by molar-refractivity contribution is 0.0710. The minimum atomic E-state index is -0.192. The highest BCUT2D eigenvalue weighted by Gasteiger charge is 2.28. The van der Waals surface area contributed by atoms with Crippen molar-refractivity contribution in [2.75, 3.05) is 32.6 Å². The zero-order valence-corrected chi connectivity index (χ0v) is 19.7. The van der Waals surface area contributed by atoms with Gasteiger partial charge in [0.15, 0.2) is 0 Å². The predicted molar refractivity (Wildman–Crippen MR) is 131 cm³/mol. The second kappa shape index (κ2) is 10.4. The number of piperidine rings is 1. The number of anilines is 1. The van der Waals surface area contributed by atoms with Crippen LogP contribution >= 0.6 is 0 Å². The van der Waals surface area contributed by atoms with E-state index in [2.05, 4.69) is 5.32 Å². The van der Waals surface area contributed by atoms with E-state index in [-0.39, 0.29) is 17.7 Å². The third kappa shape index (κ3) is 5.20. The number of ether oxygens (including phenoxy) is 2. The SMILES string of the molecule is COc1ccc(NC(=O)c2ccc(C)nc2C2CCN(C(=O)c3cccc(OC)c3)CC2)cc1. The number of methoxy groups -OCH3 is 2. The lowest BCUT2D eigenvalue weighted by Crippen LogP contribution is -2.38. The Morgan fingerprint density at radius 1 is 0.941 bits per heavy atom. The molecule has 1 aliphatic rings. The summed E-state index contributed by atoms with van der Waals surface area (Å²) >= 11 is 0. The van der Waals surface area contributed by atoms with Crippen molar-refractivity contribution in [1.29, 1.82) is 0 Å². The molecule has 7 heteroatoms. The molecule has 0 atom stereocenters. The van der Waals surface area contributed by atoms with Crippen LogP contribution in [0.1, 0.15) is 50.9 Å². The van der Waals surface area contributed by atoms with E-state index in [1.807, 2.05) is 36.1 Å². The van der Waals surface area contributed by atoms with Crippen molar-refractivity contribution >= 4 is 17.5 Å². The highest BCUT2D eigenvalue weighted by Crippen LogP contribution is 2.31. The highest BCUT2D eigenvalue weighted by molar-refractivity contribution is 6.05. The predicted octanol–water partition coefficient (Wildman–Crippen LogP) is 4.68. The number of aryl methyl sites for hydroxylation is 1. The Hall–Kier alpha value is -3.87. The molecule has 34 heavy (non-hydrogen) atoms. The van der Waals surface area contributed by atoms with Crippen LogP contribution in [-0.2, 0) is 0 Å². The Morgan fingerprint density at radius 2 is 1.65 bits per heavy atom. The molecule has 3 aromatic rings. The van der Waals surface area contributed by atoms with Gasteiger partial charge in [0.2, 0.25) is 0 Å². The standard InChI is InChI=1S/C27H29N3O4/c1-18-7-12-24(26(31)29-21-8-10-22(33-2)11-9-21)25(28-18)19-13-15-30(16-14-19)27(32)20-5-4-6-23(17-20)34-3/h4-12,17,19H,13-16H2,1-3H3,(H,29,31). The molecule has 1 N–H and O–H groups in total. The Kier molecular flexibility index (Phi) is 7.11. The fourth-order valence-electron chi connectivity index (χ4n) is 4.25. The average Bonchev–Trinajstić information content (AvgIpc) is 2.88. The number of nitrogens with zero attached hydrogens (tertiary/aromatic N) is 2. The van der Waals surface area contributed by atoms with Crippen molar-refractivity contribution < 1.29 is 19.1 Å². The summed E-state index contributed by atoms with van der Waals surface area (Å²) in [7, 11) is 3.19. The second-order valence-electron chi connectivity index (χ2n) is 8.37. The van der Waals surface area contributed by atoms with E-state index in [9.17, 15) is 9.59 Å². The third-order valence-corrected chi connectivity index (χ3v) is 6.14. The maximum atomic E-state index is 13.1. The van der Waals surface area contributed by atoms with Crippen LogP contribution < -0.4 is 14.8 Å². The monoisotopic (exact) mass is 459 g/mol. The number of rotatable bonds is 6. The van der Waals surface area contributed by atoms with Gasteiger partial charge in [0, 0.05) is 36.0 Å². The minimum Gasteiger partial charge on any atom is -0.497 e. The molecule has 176 valence electrons. The molecule has 0 aliphatic carbocycles. The second-order valence-corrected chi connectivity index (χ2v) is 8.37. The number of likely N-dealkylation sites (tertiary alicyclic amines) is 1. The summed E-state index contributed by atoms with van der Waals surface area (Å²) in [5.74, 6) is 1.30. The molecule has 1 saturated heterocycles. The van der Waals surface area contributed by atoms with Gasteiger partial charge in [0.05, 0.1) is 25.5 Å². The summed E-state index contributed by atoms with van der Waals surface area (Å²) in [6.45, 7) is 3.14. The number of hydrogen-bond donors (Lipinski definition) is 1. The zero-order chi connectivity index (χ0) is 24.1. The van der Waals surface area contributed by atoms with Crippen molar-refractivity contribution in [1.82, 2.24) is 9.88 Å². The number of carbonyl (C=O) groups excluding carboxylic acids is 2. The lowest BCUT2D eigenvalue weighted by Gasteiger charge is -2.32. The van der Waals surface area contributed by atoms with Gasteiger partial charge in [-0.2, -0.15) is 0 Å². The number of nitrogens with one attached hydrogen (secondary N) is 1. The Bertz CT molecular complexity index is 1170. The molecule has 0 bridgehead atoms. The normalized spacial score (nSPS) is 13.9. The van der Waals surface area contributed by atoms with Gasteiger partial charge in [0.25, 0.3) is 11.8 Å². The van der Waals surface area contributed by atoms with E-state index in [1.165, 1.54) is 0 Å². The first kappa shape index (κ1) is 23.3. The van der Waals surface area contributed by atoms with Crippen LogP contribution in [0.3, 0.4) is 0 Å². The topological polar surface area (TPSA) is 80.8 Å². The summed E-state index contributed by atoms with van der Waals surface area (Å²) in [4.78, 5) is 32.7. The molecule has 1 aromatic heterocycles. The number of aromatic nitrogens is 1. The van der Waals surface area contributed by atoms with E-state index < -0.39 is 0 Å². The molecule has 0 saturated carbocycles. The molecule has 4 rings (SSSR count). The zero-order valence-electron chi connectivity index (χ0n) is 19.7. The van der Waals surface area contributed by atoms with Gasteiger partial charge >= 0.3 is 0 Å². The third-order valence-electron chi connectivity index (χ3n) is 6.14. The molecule has 1 aliphatic heterocycles. The summed E-state index contributed by atoms with van der Waals surface area (Å²) in [5, 5.41) is 2.96. The first-order chi connectivity index (χ1) is 16.5. The van der Waals surface area contributed by atoms with Gasteiger partial charge in [-0.05, 0) is 74.4 Å². The van der Waals surface area contributed by atoms with Crippen LogP contribution in [0, 0.1) is 6.92 Å². The summed E-state index contributed by atoms with van der Waals surface area (Å²) in [6, 6.07) is 18.1. The smallest absolute Gasteiger partial charge is 0.257 e. The van der Waals surface area contributed by atoms with Gasteiger partial charge in [0.1, 0.15) is 11.5 Å². The van der Waals surface area contributed by atoms with E-state index in [1.54, 1.807) is 50.6 Å². The molecule has 0 spiro atoms. The van der Waals surface area contributed by atoms with Gasteiger partial charge in [-0.25, -0.2) is 0 Å². The van der Waals surface area contributed by atoms with Crippen molar-refractivity contribution in [3.05, 3.63) is 83.2 Å². The number of benzene rings is 2. The molecule has 2 heterocycles. The van der Waals surface area contributed by atoms with Gasteiger partial charge < -0.3 is 19.7 Å². The minimum absolute atomic E-state index is 0.00739.